The molecule has 0 aromatic heterocycles. The molecule has 78 valence electrons. The Morgan fingerprint density at radius 3 is 2.93 bits per heavy atom. The minimum Gasteiger partial charge on any atom is -0.488 e. The van der Waals surface area contributed by atoms with Crippen molar-refractivity contribution in [3.63, 3.8) is 0 Å². The van der Waals surface area contributed by atoms with Gasteiger partial charge in [-0.1, -0.05) is 22.5 Å². The molecule has 0 fully saturated rings. The molecular formula is C11H9BrClNO. The van der Waals surface area contributed by atoms with Gasteiger partial charge in [-0.25, -0.2) is 0 Å². The van der Waals surface area contributed by atoms with E-state index in [1.807, 2.05) is 0 Å². The lowest BCUT2D eigenvalue weighted by Gasteiger charge is -2.08. The standard InChI is InChI=1S/C11H9BrClNO/c1-8(5-13)7-15-11-4-10(12)3-2-9(11)6-14/h2-4H,1,5,7H2. The first-order valence-corrected chi connectivity index (χ1v) is 5.55. The molecule has 4 heteroatoms. The van der Waals surface area contributed by atoms with Crippen molar-refractivity contribution in [2.24, 2.45) is 0 Å². The summed E-state index contributed by atoms with van der Waals surface area (Å²) in [5, 5.41) is 8.84. The van der Waals surface area contributed by atoms with Gasteiger partial charge in [0, 0.05) is 10.4 Å². The molecule has 0 amide bonds. The Hall–Kier alpha value is -0.980. The molecule has 1 rings (SSSR count). The van der Waals surface area contributed by atoms with Crippen LogP contribution in [-0.2, 0) is 0 Å². The molecule has 1 aromatic rings. The summed E-state index contributed by atoms with van der Waals surface area (Å²) in [6.45, 7) is 4.04. The highest BCUT2D eigenvalue weighted by molar-refractivity contribution is 9.10. The van der Waals surface area contributed by atoms with Crippen LogP contribution >= 0.6 is 27.5 Å². The van der Waals surface area contributed by atoms with E-state index in [2.05, 4.69) is 28.6 Å². The fraction of sp³-hybridized carbons (Fsp3) is 0.182. The smallest absolute Gasteiger partial charge is 0.138 e. The molecule has 0 saturated carbocycles. The Kier molecular flexibility index (Phi) is 4.67. The van der Waals surface area contributed by atoms with Crippen molar-refractivity contribution in [2.45, 2.75) is 0 Å². The topological polar surface area (TPSA) is 33.0 Å². The molecule has 0 unspecified atom stereocenters. The summed E-state index contributed by atoms with van der Waals surface area (Å²) >= 11 is 8.88. The molecule has 0 aliphatic rings. The minimum absolute atomic E-state index is 0.328. The molecule has 2 nitrogen and oxygen atoms in total. The van der Waals surface area contributed by atoms with Gasteiger partial charge in [-0.05, 0) is 23.8 Å². The second kappa shape index (κ2) is 5.79. The predicted molar refractivity (Wildman–Crippen MR) is 64.2 cm³/mol. The van der Waals surface area contributed by atoms with Crippen LogP contribution < -0.4 is 4.74 Å². The zero-order valence-electron chi connectivity index (χ0n) is 7.96. The van der Waals surface area contributed by atoms with Crippen LogP contribution in [0.25, 0.3) is 0 Å². The van der Waals surface area contributed by atoms with Gasteiger partial charge in [0.15, 0.2) is 0 Å². The van der Waals surface area contributed by atoms with E-state index in [0.717, 1.165) is 10.0 Å². The average molecular weight is 287 g/mol. The third kappa shape index (κ3) is 3.58. The number of rotatable bonds is 4. The third-order valence-electron chi connectivity index (χ3n) is 1.68. The minimum atomic E-state index is 0.328. The summed E-state index contributed by atoms with van der Waals surface area (Å²) in [7, 11) is 0. The first-order chi connectivity index (χ1) is 7.17. The molecule has 0 saturated heterocycles. The maximum absolute atomic E-state index is 8.84. The van der Waals surface area contributed by atoms with Gasteiger partial charge in [0.1, 0.15) is 18.4 Å². The molecule has 15 heavy (non-hydrogen) atoms. The average Bonchev–Trinajstić information content (AvgIpc) is 2.26. The van der Waals surface area contributed by atoms with E-state index in [4.69, 9.17) is 21.6 Å². The Balaban J connectivity index is 2.80. The fourth-order valence-electron chi connectivity index (χ4n) is 0.926. The first kappa shape index (κ1) is 12.1. The van der Waals surface area contributed by atoms with E-state index in [0.29, 0.717) is 23.8 Å². The van der Waals surface area contributed by atoms with Gasteiger partial charge in [-0.2, -0.15) is 5.26 Å². The van der Waals surface area contributed by atoms with Crippen molar-refractivity contribution in [1.29, 1.82) is 5.26 Å². The lowest BCUT2D eigenvalue weighted by Crippen LogP contribution is -2.02. The summed E-state index contributed by atoms with van der Waals surface area (Å²) in [5.41, 5.74) is 1.28. The Bertz CT molecular complexity index is 412. The second-order valence-electron chi connectivity index (χ2n) is 2.92. The Morgan fingerprint density at radius 2 is 2.33 bits per heavy atom. The van der Waals surface area contributed by atoms with Gasteiger partial charge in [0.2, 0.25) is 0 Å². The SMILES string of the molecule is C=C(CCl)COc1cc(Br)ccc1C#N. The van der Waals surface area contributed by atoms with Crippen LogP contribution in [-0.4, -0.2) is 12.5 Å². The van der Waals surface area contributed by atoms with E-state index in [1.54, 1.807) is 18.2 Å². The highest BCUT2D eigenvalue weighted by atomic mass is 79.9. The zero-order chi connectivity index (χ0) is 11.3. The highest BCUT2D eigenvalue weighted by Gasteiger charge is 2.04. The van der Waals surface area contributed by atoms with Gasteiger partial charge >= 0.3 is 0 Å². The summed E-state index contributed by atoms with van der Waals surface area (Å²) in [6, 6.07) is 7.30. The van der Waals surface area contributed by atoms with Gasteiger partial charge in [-0.15, -0.1) is 11.6 Å². The molecule has 0 atom stereocenters. The molecule has 1 aromatic carbocycles. The van der Waals surface area contributed by atoms with Crippen LogP contribution in [0.3, 0.4) is 0 Å². The third-order valence-corrected chi connectivity index (χ3v) is 2.56. The van der Waals surface area contributed by atoms with Gasteiger partial charge < -0.3 is 4.74 Å². The summed E-state index contributed by atoms with van der Waals surface area (Å²) < 4.78 is 6.29. The molecule has 0 bridgehead atoms. The van der Waals surface area contributed by atoms with Crippen molar-refractivity contribution in [2.75, 3.05) is 12.5 Å². The van der Waals surface area contributed by atoms with Crippen LogP contribution in [0.5, 0.6) is 5.75 Å². The van der Waals surface area contributed by atoms with Crippen molar-refractivity contribution in [3.05, 3.63) is 40.4 Å². The fourth-order valence-corrected chi connectivity index (χ4v) is 1.34. The molecule has 0 heterocycles. The maximum Gasteiger partial charge on any atom is 0.138 e. The summed E-state index contributed by atoms with van der Waals surface area (Å²) in [4.78, 5) is 0. The van der Waals surface area contributed by atoms with E-state index in [-0.39, 0.29) is 0 Å². The van der Waals surface area contributed by atoms with Crippen LogP contribution in [0.4, 0.5) is 0 Å². The largest absolute Gasteiger partial charge is 0.488 e. The van der Waals surface area contributed by atoms with Gasteiger partial charge in [-0.3, -0.25) is 0 Å². The van der Waals surface area contributed by atoms with Crippen molar-refractivity contribution in [1.82, 2.24) is 0 Å². The van der Waals surface area contributed by atoms with Crippen molar-refractivity contribution >= 4 is 27.5 Å². The van der Waals surface area contributed by atoms with Gasteiger partial charge in [0.05, 0.1) is 5.56 Å². The van der Waals surface area contributed by atoms with Crippen LogP contribution in [0.2, 0.25) is 0 Å². The quantitative estimate of drug-likeness (QED) is 0.627. The predicted octanol–water partition coefficient (Wildman–Crippen LogP) is 3.49. The molecule has 0 spiro atoms. The number of benzene rings is 1. The van der Waals surface area contributed by atoms with E-state index < -0.39 is 0 Å². The monoisotopic (exact) mass is 285 g/mol. The number of halogens is 2. The number of hydrogen-bond donors (Lipinski definition) is 0. The number of nitrogens with zero attached hydrogens (tertiary/aromatic N) is 1. The van der Waals surface area contributed by atoms with E-state index in [9.17, 15) is 0 Å². The summed E-state index contributed by atoms with van der Waals surface area (Å²) in [5.74, 6) is 0.897. The molecule has 0 N–H and O–H groups in total. The highest BCUT2D eigenvalue weighted by Crippen LogP contribution is 2.23. The Morgan fingerprint density at radius 1 is 1.60 bits per heavy atom. The van der Waals surface area contributed by atoms with E-state index in [1.165, 1.54) is 0 Å². The normalized spacial score (nSPS) is 9.40. The molecule has 0 radical (unpaired) electrons. The van der Waals surface area contributed by atoms with Crippen LogP contribution in [0.1, 0.15) is 5.56 Å². The molecular weight excluding hydrogens is 277 g/mol. The molecule has 0 aliphatic carbocycles. The van der Waals surface area contributed by atoms with Crippen LogP contribution in [0, 0.1) is 11.3 Å². The Labute approximate surface area is 102 Å². The van der Waals surface area contributed by atoms with E-state index >= 15 is 0 Å². The van der Waals surface area contributed by atoms with Gasteiger partial charge in [0.25, 0.3) is 0 Å². The zero-order valence-corrected chi connectivity index (χ0v) is 10.3. The second-order valence-corrected chi connectivity index (χ2v) is 4.11. The number of ether oxygens (including phenoxy) is 1. The molecule has 0 aliphatic heterocycles. The number of nitriles is 1. The lowest BCUT2D eigenvalue weighted by atomic mass is 10.2. The maximum atomic E-state index is 8.84. The number of alkyl halides is 1. The summed E-state index contributed by atoms with van der Waals surface area (Å²) in [6.07, 6.45) is 0. The van der Waals surface area contributed by atoms with Crippen molar-refractivity contribution < 1.29 is 4.74 Å². The lowest BCUT2D eigenvalue weighted by molar-refractivity contribution is 0.352. The van der Waals surface area contributed by atoms with Crippen LogP contribution in [0.15, 0.2) is 34.8 Å². The first-order valence-electron chi connectivity index (χ1n) is 4.22. The van der Waals surface area contributed by atoms with Crippen molar-refractivity contribution in [3.8, 4) is 11.8 Å². The number of hydrogen-bond acceptors (Lipinski definition) is 2.